The third-order valence-electron chi connectivity index (χ3n) is 3.51. The van der Waals surface area contributed by atoms with Gasteiger partial charge in [-0.15, -0.1) is 6.42 Å². The molecule has 0 atom stereocenters. The number of hydrogen-bond donors (Lipinski definition) is 1. The number of nitrogens with zero attached hydrogens (tertiary/aromatic N) is 1. The lowest BCUT2D eigenvalue weighted by Crippen LogP contribution is -2.28. The smallest absolute Gasteiger partial charge is 0.307 e. The average Bonchev–Trinajstić information content (AvgIpc) is 2.55. The Morgan fingerprint density at radius 1 is 1.42 bits per heavy atom. The minimum atomic E-state index is -0.261. The van der Waals surface area contributed by atoms with Gasteiger partial charge in [-0.1, -0.05) is 23.6 Å². The highest BCUT2D eigenvalue weighted by Crippen LogP contribution is 2.19. The van der Waals surface area contributed by atoms with Gasteiger partial charge < -0.3 is 10.1 Å². The van der Waals surface area contributed by atoms with Gasteiger partial charge >= 0.3 is 5.97 Å². The highest BCUT2D eigenvalue weighted by atomic mass is 35.5. The fourth-order valence-electron chi connectivity index (χ4n) is 2.43. The summed E-state index contributed by atoms with van der Waals surface area (Å²) >= 11 is 6.02. The normalized spacial score (nSPS) is 10.5. The van der Waals surface area contributed by atoms with Crippen molar-refractivity contribution in [2.45, 2.75) is 26.4 Å². The maximum absolute atomic E-state index is 12.6. The van der Waals surface area contributed by atoms with Crippen molar-refractivity contribution < 1.29 is 9.53 Å². The molecule has 0 saturated carbocycles. The van der Waals surface area contributed by atoms with Crippen LogP contribution in [0.25, 0.3) is 10.9 Å². The highest BCUT2D eigenvalue weighted by Gasteiger charge is 2.09. The number of hydrogen-bond acceptors (Lipinski definition) is 4. The number of carbonyl (C=O) groups excluding carboxylic acids is 1. The predicted molar refractivity (Wildman–Crippen MR) is 95.0 cm³/mol. The Kier molecular flexibility index (Phi) is 6.42. The SMILES string of the molecule is C#CCn1c(=O)c(CNCCC(=O)OCC)cc2ccc(Cl)cc21. The van der Waals surface area contributed by atoms with Gasteiger partial charge in [0, 0.05) is 23.7 Å². The van der Waals surface area contributed by atoms with Gasteiger partial charge in [-0.3, -0.25) is 14.2 Å². The molecule has 1 heterocycles. The Morgan fingerprint density at radius 3 is 2.92 bits per heavy atom. The van der Waals surface area contributed by atoms with Crippen molar-refractivity contribution in [1.29, 1.82) is 0 Å². The molecular formula is C18H19ClN2O3. The summed E-state index contributed by atoms with van der Waals surface area (Å²) in [5.41, 5.74) is 1.14. The Labute approximate surface area is 145 Å². The second kappa shape index (κ2) is 8.53. The minimum Gasteiger partial charge on any atom is -0.466 e. The lowest BCUT2D eigenvalue weighted by Gasteiger charge is -2.12. The van der Waals surface area contributed by atoms with Crippen molar-refractivity contribution >= 4 is 28.5 Å². The Balaban J connectivity index is 2.20. The number of ether oxygens (including phenoxy) is 1. The Morgan fingerprint density at radius 2 is 2.21 bits per heavy atom. The average molecular weight is 347 g/mol. The lowest BCUT2D eigenvalue weighted by atomic mass is 10.1. The molecule has 0 aliphatic heterocycles. The molecule has 1 aromatic heterocycles. The number of nitrogens with one attached hydrogen (secondary N) is 1. The predicted octanol–water partition coefficient (Wildman–Crippen LogP) is 2.33. The van der Waals surface area contributed by atoms with E-state index in [1.54, 1.807) is 19.1 Å². The maximum atomic E-state index is 12.6. The fourth-order valence-corrected chi connectivity index (χ4v) is 2.59. The molecule has 0 spiro atoms. The molecule has 0 fully saturated rings. The summed E-state index contributed by atoms with van der Waals surface area (Å²) < 4.78 is 6.39. The van der Waals surface area contributed by atoms with Crippen LogP contribution in [0.1, 0.15) is 18.9 Å². The summed E-state index contributed by atoms with van der Waals surface area (Å²) in [6.07, 6.45) is 5.64. The molecule has 2 rings (SSSR count). The van der Waals surface area contributed by atoms with E-state index < -0.39 is 0 Å². The number of halogens is 1. The molecule has 0 saturated heterocycles. The van der Waals surface area contributed by atoms with Crippen LogP contribution >= 0.6 is 11.6 Å². The van der Waals surface area contributed by atoms with E-state index in [0.29, 0.717) is 35.8 Å². The number of carbonyl (C=O) groups is 1. The van der Waals surface area contributed by atoms with Crippen molar-refractivity contribution in [3.63, 3.8) is 0 Å². The van der Waals surface area contributed by atoms with Crippen molar-refractivity contribution in [2.75, 3.05) is 13.2 Å². The van der Waals surface area contributed by atoms with Gasteiger partial charge in [0.2, 0.25) is 0 Å². The summed E-state index contributed by atoms with van der Waals surface area (Å²) in [6.45, 7) is 3.09. The first-order valence-electron chi connectivity index (χ1n) is 7.68. The second-order valence-electron chi connectivity index (χ2n) is 5.20. The van der Waals surface area contributed by atoms with E-state index in [9.17, 15) is 9.59 Å². The van der Waals surface area contributed by atoms with Crippen LogP contribution in [0.4, 0.5) is 0 Å². The van der Waals surface area contributed by atoms with Gasteiger partial charge in [0.25, 0.3) is 5.56 Å². The number of rotatable bonds is 7. The minimum absolute atomic E-state index is 0.161. The summed E-state index contributed by atoms with van der Waals surface area (Å²) in [4.78, 5) is 23.9. The molecule has 1 N–H and O–H groups in total. The molecule has 5 nitrogen and oxygen atoms in total. The number of benzene rings is 1. The second-order valence-corrected chi connectivity index (χ2v) is 5.64. The first-order chi connectivity index (χ1) is 11.6. The van der Waals surface area contributed by atoms with Crippen LogP contribution < -0.4 is 10.9 Å². The summed E-state index contributed by atoms with van der Waals surface area (Å²) in [5, 5.41) is 4.52. The number of fused-ring (bicyclic) bond motifs is 1. The van der Waals surface area contributed by atoms with Gasteiger partial charge in [-0.05, 0) is 30.5 Å². The summed E-state index contributed by atoms with van der Waals surface area (Å²) in [6, 6.07) is 7.17. The third-order valence-corrected chi connectivity index (χ3v) is 3.74. The van der Waals surface area contributed by atoms with Gasteiger partial charge in [0.1, 0.15) is 0 Å². The lowest BCUT2D eigenvalue weighted by molar-refractivity contribution is -0.142. The molecule has 0 radical (unpaired) electrons. The van der Waals surface area contributed by atoms with Gasteiger partial charge in [-0.2, -0.15) is 0 Å². The molecule has 0 aliphatic carbocycles. The first kappa shape index (κ1) is 18.1. The molecular weight excluding hydrogens is 328 g/mol. The molecule has 0 bridgehead atoms. The van der Waals surface area contributed by atoms with Gasteiger partial charge in [0.05, 0.1) is 25.1 Å². The van der Waals surface area contributed by atoms with E-state index in [-0.39, 0.29) is 24.5 Å². The van der Waals surface area contributed by atoms with E-state index >= 15 is 0 Å². The van der Waals surface area contributed by atoms with Crippen LogP contribution in [-0.4, -0.2) is 23.7 Å². The van der Waals surface area contributed by atoms with Gasteiger partial charge in [0.15, 0.2) is 0 Å². The molecule has 126 valence electrons. The monoisotopic (exact) mass is 346 g/mol. The first-order valence-corrected chi connectivity index (χ1v) is 8.06. The van der Waals surface area contributed by atoms with E-state index in [2.05, 4.69) is 11.2 Å². The van der Waals surface area contributed by atoms with Crippen LogP contribution in [0.3, 0.4) is 0 Å². The van der Waals surface area contributed by atoms with Crippen LogP contribution in [-0.2, 0) is 22.6 Å². The molecule has 0 unspecified atom stereocenters. The molecule has 2 aromatic rings. The molecule has 24 heavy (non-hydrogen) atoms. The molecule has 6 heteroatoms. The van der Waals surface area contributed by atoms with Crippen LogP contribution in [0, 0.1) is 12.3 Å². The number of esters is 1. The highest BCUT2D eigenvalue weighted by molar-refractivity contribution is 6.31. The fraction of sp³-hybridized carbons (Fsp3) is 0.333. The van der Waals surface area contributed by atoms with Crippen molar-refractivity contribution in [3.8, 4) is 12.3 Å². The van der Waals surface area contributed by atoms with Crippen molar-refractivity contribution in [1.82, 2.24) is 9.88 Å². The zero-order valence-electron chi connectivity index (χ0n) is 13.5. The summed E-state index contributed by atoms with van der Waals surface area (Å²) in [7, 11) is 0. The van der Waals surface area contributed by atoms with E-state index in [4.69, 9.17) is 22.8 Å². The maximum Gasteiger partial charge on any atom is 0.307 e. The van der Waals surface area contributed by atoms with Gasteiger partial charge in [-0.25, -0.2) is 0 Å². The number of aromatic nitrogens is 1. The van der Waals surface area contributed by atoms with Crippen molar-refractivity contribution in [3.05, 3.63) is 45.2 Å². The summed E-state index contributed by atoms with van der Waals surface area (Å²) in [5.74, 6) is 2.24. The largest absolute Gasteiger partial charge is 0.466 e. The number of terminal acetylenes is 1. The molecule has 1 aromatic carbocycles. The Hall–Kier alpha value is -2.29. The zero-order valence-corrected chi connectivity index (χ0v) is 14.2. The van der Waals surface area contributed by atoms with Crippen LogP contribution in [0.2, 0.25) is 5.02 Å². The standard InChI is InChI=1S/C18H19ClN2O3/c1-3-9-21-16-11-15(19)6-5-13(16)10-14(18(21)23)12-20-8-7-17(22)24-4-2/h1,5-6,10-11,20H,4,7-9,12H2,2H3. The van der Waals surface area contributed by atoms with E-state index in [1.165, 1.54) is 4.57 Å². The molecule has 0 amide bonds. The van der Waals surface area contributed by atoms with E-state index in [0.717, 1.165) is 5.39 Å². The quantitative estimate of drug-likeness (QED) is 0.475. The van der Waals surface area contributed by atoms with Crippen LogP contribution in [0.5, 0.6) is 0 Å². The van der Waals surface area contributed by atoms with Crippen LogP contribution in [0.15, 0.2) is 29.1 Å². The third kappa shape index (κ3) is 4.38. The van der Waals surface area contributed by atoms with Crippen molar-refractivity contribution in [2.24, 2.45) is 0 Å². The molecule has 0 aliphatic rings. The zero-order chi connectivity index (χ0) is 17.5. The Bertz CT molecular complexity index is 836. The topological polar surface area (TPSA) is 60.3 Å². The number of pyridine rings is 1. The van der Waals surface area contributed by atoms with E-state index in [1.807, 2.05) is 12.1 Å².